The molecule has 2 N–H and O–H groups in total. The van der Waals surface area contributed by atoms with Crippen molar-refractivity contribution in [3.63, 3.8) is 0 Å². The van der Waals surface area contributed by atoms with E-state index in [1.807, 2.05) is 24.2 Å². The molecule has 56 valence electrons. The number of hydrogen-bond donors (Lipinski definition) is 2. The van der Waals surface area contributed by atoms with Crippen LogP contribution in [0.25, 0.3) is 0 Å². The van der Waals surface area contributed by atoms with Gasteiger partial charge in [0.15, 0.2) is 0 Å². The van der Waals surface area contributed by atoms with Crippen LogP contribution in [0.15, 0.2) is 12.3 Å². The molecule has 3 nitrogen and oxygen atoms in total. The van der Waals surface area contributed by atoms with Crippen molar-refractivity contribution in [3.05, 3.63) is 12.3 Å². The van der Waals surface area contributed by atoms with Gasteiger partial charge in [0.2, 0.25) is 0 Å². The quantitative estimate of drug-likeness (QED) is 0.511. The Balaban J connectivity index is 2.26. The molecular weight excluding hydrogens is 129 g/mol. The maximum atomic E-state index is 8.60. The molecule has 0 amide bonds. The van der Waals surface area contributed by atoms with Crippen molar-refractivity contribution in [1.82, 2.24) is 4.90 Å². The average molecular weight is 141 g/mol. The molecule has 1 heterocycles. The summed E-state index contributed by atoms with van der Waals surface area (Å²) in [6, 6.07) is 0. The molecule has 1 aliphatic rings. The van der Waals surface area contributed by atoms with Gasteiger partial charge in [-0.05, 0) is 18.4 Å². The predicted octanol–water partition coefficient (Wildman–Crippen LogP) is -0.465. The van der Waals surface area contributed by atoms with Gasteiger partial charge in [-0.3, -0.25) is 0 Å². The number of hydrogen-bond acceptors (Lipinski definition) is 3. The summed E-state index contributed by atoms with van der Waals surface area (Å²) in [5.74, 6) is 0.310. The Hall–Kier alpha value is -0.475. The summed E-state index contributed by atoms with van der Waals surface area (Å²) in [5, 5.41) is 17.2. The van der Waals surface area contributed by atoms with E-state index in [9.17, 15) is 0 Å². The van der Waals surface area contributed by atoms with E-state index < -0.39 is 7.12 Å². The van der Waals surface area contributed by atoms with E-state index in [0.717, 1.165) is 6.54 Å². The minimum absolute atomic E-state index is 0.310. The second kappa shape index (κ2) is 3.08. The molecule has 0 saturated carbocycles. The molecule has 1 aliphatic heterocycles. The fraction of sp³-hybridized carbons (Fsp3) is 0.667. The topological polar surface area (TPSA) is 43.7 Å². The van der Waals surface area contributed by atoms with Crippen molar-refractivity contribution in [2.75, 3.05) is 13.6 Å². The second-order valence-electron chi connectivity index (χ2n) is 2.76. The van der Waals surface area contributed by atoms with Crippen LogP contribution in [0.3, 0.4) is 0 Å². The summed E-state index contributed by atoms with van der Waals surface area (Å²) < 4.78 is 0. The molecule has 0 aromatic carbocycles. The SMILES string of the molecule is CN1C=CC(CB(O)O)C1. The molecule has 0 radical (unpaired) electrons. The first-order valence-corrected chi connectivity index (χ1v) is 3.43. The third-order valence-electron chi connectivity index (χ3n) is 1.65. The van der Waals surface area contributed by atoms with Gasteiger partial charge in [-0.15, -0.1) is 0 Å². The van der Waals surface area contributed by atoms with Gasteiger partial charge in [-0.2, -0.15) is 0 Å². The average Bonchev–Trinajstić information content (AvgIpc) is 2.13. The maximum absolute atomic E-state index is 8.60. The lowest BCUT2D eigenvalue weighted by Gasteiger charge is -2.10. The second-order valence-corrected chi connectivity index (χ2v) is 2.76. The first-order valence-electron chi connectivity index (χ1n) is 3.43. The summed E-state index contributed by atoms with van der Waals surface area (Å²) in [6.45, 7) is 0.900. The summed E-state index contributed by atoms with van der Waals surface area (Å²) in [4.78, 5) is 2.03. The maximum Gasteiger partial charge on any atom is 0.452 e. The Labute approximate surface area is 61.1 Å². The third-order valence-corrected chi connectivity index (χ3v) is 1.65. The van der Waals surface area contributed by atoms with E-state index in [1.165, 1.54) is 0 Å². The predicted molar refractivity (Wildman–Crippen MR) is 40.3 cm³/mol. The van der Waals surface area contributed by atoms with Gasteiger partial charge in [-0.25, -0.2) is 0 Å². The van der Waals surface area contributed by atoms with Crippen LogP contribution < -0.4 is 0 Å². The fourth-order valence-corrected chi connectivity index (χ4v) is 1.18. The van der Waals surface area contributed by atoms with E-state index in [2.05, 4.69) is 0 Å². The van der Waals surface area contributed by atoms with Gasteiger partial charge in [0.1, 0.15) is 0 Å². The molecule has 1 atom stereocenters. The molecule has 0 aromatic heterocycles. The van der Waals surface area contributed by atoms with Crippen molar-refractivity contribution in [2.45, 2.75) is 6.32 Å². The van der Waals surface area contributed by atoms with E-state index >= 15 is 0 Å². The molecule has 10 heavy (non-hydrogen) atoms. The first kappa shape index (κ1) is 7.63. The first-order chi connectivity index (χ1) is 4.68. The van der Waals surface area contributed by atoms with Crippen LogP contribution >= 0.6 is 0 Å². The van der Waals surface area contributed by atoms with Crippen LogP contribution in [0.1, 0.15) is 0 Å². The Kier molecular flexibility index (Phi) is 2.35. The zero-order valence-electron chi connectivity index (χ0n) is 6.07. The van der Waals surface area contributed by atoms with E-state index in [-0.39, 0.29) is 0 Å². The zero-order chi connectivity index (χ0) is 7.56. The standard InChI is InChI=1S/C6H12BNO2/c1-8-3-2-6(5-8)4-7(9)10/h2-3,6,9-10H,4-5H2,1H3. The largest absolute Gasteiger partial charge is 0.452 e. The third kappa shape index (κ3) is 2.04. The Bertz CT molecular complexity index is 138. The van der Waals surface area contributed by atoms with Crippen molar-refractivity contribution in [3.8, 4) is 0 Å². The minimum atomic E-state index is -1.17. The van der Waals surface area contributed by atoms with Crippen molar-refractivity contribution >= 4 is 7.12 Å². The summed E-state index contributed by atoms with van der Waals surface area (Å²) >= 11 is 0. The molecular formula is C6H12BNO2. The van der Waals surface area contributed by atoms with Gasteiger partial charge < -0.3 is 14.9 Å². The van der Waals surface area contributed by atoms with Gasteiger partial charge in [-0.1, -0.05) is 6.08 Å². The molecule has 0 aromatic rings. The van der Waals surface area contributed by atoms with Crippen LogP contribution in [0.5, 0.6) is 0 Å². The monoisotopic (exact) mass is 141 g/mol. The van der Waals surface area contributed by atoms with Gasteiger partial charge in [0.25, 0.3) is 0 Å². The molecule has 0 bridgehead atoms. The number of rotatable bonds is 2. The molecule has 0 fully saturated rings. The summed E-state index contributed by atoms with van der Waals surface area (Å²) in [7, 11) is 0.807. The Morgan fingerprint density at radius 3 is 2.80 bits per heavy atom. The minimum Gasteiger partial charge on any atom is -0.427 e. The van der Waals surface area contributed by atoms with Crippen molar-refractivity contribution in [1.29, 1.82) is 0 Å². The fourth-order valence-electron chi connectivity index (χ4n) is 1.18. The normalized spacial score (nSPS) is 23.9. The highest BCUT2D eigenvalue weighted by Gasteiger charge is 2.18. The van der Waals surface area contributed by atoms with Crippen LogP contribution in [-0.2, 0) is 0 Å². The van der Waals surface area contributed by atoms with E-state index in [0.29, 0.717) is 12.2 Å². The molecule has 0 aliphatic carbocycles. The summed E-state index contributed by atoms with van der Waals surface area (Å²) in [5.41, 5.74) is 0. The number of nitrogens with zero attached hydrogens (tertiary/aromatic N) is 1. The van der Waals surface area contributed by atoms with Crippen LogP contribution in [0.4, 0.5) is 0 Å². The zero-order valence-corrected chi connectivity index (χ0v) is 6.07. The van der Waals surface area contributed by atoms with E-state index in [1.54, 1.807) is 0 Å². The molecule has 4 heteroatoms. The van der Waals surface area contributed by atoms with Crippen molar-refractivity contribution in [2.24, 2.45) is 5.92 Å². The smallest absolute Gasteiger partial charge is 0.427 e. The Morgan fingerprint density at radius 2 is 2.40 bits per heavy atom. The molecule has 0 saturated heterocycles. The Morgan fingerprint density at radius 1 is 1.70 bits per heavy atom. The summed E-state index contributed by atoms with van der Waals surface area (Å²) in [6.07, 6.45) is 4.41. The highest BCUT2D eigenvalue weighted by molar-refractivity contribution is 6.41. The van der Waals surface area contributed by atoms with Gasteiger partial charge in [0.05, 0.1) is 0 Å². The van der Waals surface area contributed by atoms with Crippen LogP contribution in [0, 0.1) is 5.92 Å². The van der Waals surface area contributed by atoms with Crippen molar-refractivity contribution < 1.29 is 10.0 Å². The molecule has 1 unspecified atom stereocenters. The van der Waals surface area contributed by atoms with Gasteiger partial charge in [0, 0.05) is 13.6 Å². The van der Waals surface area contributed by atoms with E-state index in [4.69, 9.17) is 10.0 Å². The lowest BCUT2D eigenvalue weighted by molar-refractivity contribution is 0.382. The lowest BCUT2D eigenvalue weighted by atomic mass is 9.79. The van der Waals surface area contributed by atoms with Crippen LogP contribution in [-0.4, -0.2) is 35.7 Å². The highest BCUT2D eigenvalue weighted by atomic mass is 16.4. The lowest BCUT2D eigenvalue weighted by Crippen LogP contribution is -2.19. The highest BCUT2D eigenvalue weighted by Crippen LogP contribution is 2.15. The molecule has 0 spiro atoms. The molecule has 1 rings (SSSR count). The van der Waals surface area contributed by atoms with Gasteiger partial charge >= 0.3 is 7.12 Å². The van der Waals surface area contributed by atoms with Crippen LogP contribution in [0.2, 0.25) is 6.32 Å².